The molecule has 0 amide bonds. The van der Waals surface area contributed by atoms with Gasteiger partial charge in [0.15, 0.2) is 17.3 Å². The standard InChI is InChI=1S/C21H21FN6O2/c1-12(2)28-11-25-18-20(24-10-17(30)15-5-3-4-6-16(15)29)26-19(27-21(18)28)13-7-14(22)9-23-8-13/h3-9,11-12,17,29-30H,10H2,1-2H3,(H,24,26,27). The summed E-state index contributed by atoms with van der Waals surface area (Å²) in [5, 5.41) is 23.5. The fourth-order valence-corrected chi connectivity index (χ4v) is 3.15. The number of pyridine rings is 1. The Morgan fingerprint density at radius 3 is 2.70 bits per heavy atom. The van der Waals surface area contributed by atoms with Crippen molar-refractivity contribution < 1.29 is 14.6 Å². The van der Waals surface area contributed by atoms with Crippen molar-refractivity contribution in [3.63, 3.8) is 0 Å². The number of rotatable bonds is 6. The molecule has 0 aliphatic carbocycles. The van der Waals surface area contributed by atoms with Gasteiger partial charge in [-0.25, -0.2) is 19.3 Å². The van der Waals surface area contributed by atoms with Gasteiger partial charge >= 0.3 is 0 Å². The summed E-state index contributed by atoms with van der Waals surface area (Å²) in [5.74, 6) is 0.206. The van der Waals surface area contributed by atoms with E-state index >= 15 is 0 Å². The summed E-state index contributed by atoms with van der Waals surface area (Å²) >= 11 is 0. The van der Waals surface area contributed by atoms with Crippen LogP contribution in [0.4, 0.5) is 10.2 Å². The number of hydrogen-bond donors (Lipinski definition) is 3. The van der Waals surface area contributed by atoms with E-state index in [1.54, 1.807) is 24.5 Å². The van der Waals surface area contributed by atoms with Gasteiger partial charge in [0.25, 0.3) is 0 Å². The third-order valence-electron chi connectivity index (χ3n) is 4.70. The Bertz CT molecular complexity index is 1190. The van der Waals surface area contributed by atoms with E-state index in [4.69, 9.17) is 0 Å². The Kier molecular flexibility index (Phi) is 5.28. The number of fused-ring (bicyclic) bond motifs is 1. The molecule has 4 aromatic rings. The van der Waals surface area contributed by atoms with Crippen molar-refractivity contribution in [2.24, 2.45) is 0 Å². The molecule has 154 valence electrons. The molecule has 1 aromatic carbocycles. The van der Waals surface area contributed by atoms with Crippen molar-refractivity contribution in [2.45, 2.75) is 26.0 Å². The van der Waals surface area contributed by atoms with E-state index in [0.29, 0.717) is 28.1 Å². The van der Waals surface area contributed by atoms with Gasteiger partial charge in [0.1, 0.15) is 17.1 Å². The monoisotopic (exact) mass is 408 g/mol. The van der Waals surface area contributed by atoms with Crippen LogP contribution in [0.3, 0.4) is 0 Å². The van der Waals surface area contributed by atoms with Crippen molar-refractivity contribution >= 4 is 17.0 Å². The molecule has 4 rings (SSSR count). The maximum absolute atomic E-state index is 13.7. The third kappa shape index (κ3) is 3.79. The van der Waals surface area contributed by atoms with E-state index in [1.165, 1.54) is 18.3 Å². The second-order valence-electron chi connectivity index (χ2n) is 7.16. The molecule has 1 unspecified atom stereocenters. The lowest BCUT2D eigenvalue weighted by Crippen LogP contribution is -2.14. The number of para-hydroxylation sites is 1. The van der Waals surface area contributed by atoms with Gasteiger partial charge in [-0.3, -0.25) is 4.98 Å². The molecule has 3 N–H and O–H groups in total. The molecular formula is C21H21FN6O2. The number of aliphatic hydroxyl groups excluding tert-OH is 1. The van der Waals surface area contributed by atoms with Gasteiger partial charge in [-0.05, 0) is 26.0 Å². The number of aromatic hydroxyl groups is 1. The summed E-state index contributed by atoms with van der Waals surface area (Å²) in [6.07, 6.45) is 3.30. The van der Waals surface area contributed by atoms with E-state index < -0.39 is 11.9 Å². The molecule has 0 spiro atoms. The van der Waals surface area contributed by atoms with Crippen LogP contribution in [0.1, 0.15) is 31.6 Å². The smallest absolute Gasteiger partial charge is 0.166 e. The van der Waals surface area contributed by atoms with Crippen LogP contribution in [-0.4, -0.2) is 41.3 Å². The predicted molar refractivity (Wildman–Crippen MR) is 110 cm³/mol. The lowest BCUT2D eigenvalue weighted by Gasteiger charge is -2.15. The van der Waals surface area contributed by atoms with Crippen molar-refractivity contribution in [1.29, 1.82) is 0 Å². The highest BCUT2D eigenvalue weighted by molar-refractivity contribution is 5.85. The molecule has 0 aliphatic heterocycles. The minimum absolute atomic E-state index is 0.00949. The first-order valence-corrected chi connectivity index (χ1v) is 9.49. The van der Waals surface area contributed by atoms with E-state index in [1.807, 2.05) is 18.4 Å². The number of phenolic OH excluding ortho intramolecular Hbond substituents is 1. The number of imidazole rings is 1. The molecule has 0 saturated heterocycles. The van der Waals surface area contributed by atoms with E-state index in [9.17, 15) is 14.6 Å². The fourth-order valence-electron chi connectivity index (χ4n) is 3.15. The van der Waals surface area contributed by atoms with Gasteiger partial charge in [-0.15, -0.1) is 0 Å². The summed E-state index contributed by atoms with van der Waals surface area (Å²) in [5.41, 5.74) is 1.94. The second-order valence-corrected chi connectivity index (χ2v) is 7.16. The van der Waals surface area contributed by atoms with Gasteiger partial charge in [0.05, 0.1) is 18.6 Å². The molecule has 0 radical (unpaired) electrons. The van der Waals surface area contributed by atoms with Gasteiger partial charge in [-0.2, -0.15) is 0 Å². The molecule has 30 heavy (non-hydrogen) atoms. The van der Waals surface area contributed by atoms with Crippen molar-refractivity contribution in [3.05, 3.63) is 60.4 Å². The third-order valence-corrected chi connectivity index (χ3v) is 4.70. The highest BCUT2D eigenvalue weighted by Gasteiger charge is 2.18. The normalized spacial score (nSPS) is 12.4. The summed E-state index contributed by atoms with van der Waals surface area (Å²) in [6, 6.07) is 7.99. The Morgan fingerprint density at radius 2 is 1.97 bits per heavy atom. The molecule has 3 heterocycles. The number of anilines is 1. The van der Waals surface area contributed by atoms with Crippen LogP contribution in [0, 0.1) is 5.82 Å². The quantitative estimate of drug-likeness (QED) is 0.448. The van der Waals surface area contributed by atoms with Crippen LogP contribution in [0.5, 0.6) is 5.75 Å². The summed E-state index contributed by atoms with van der Waals surface area (Å²) in [6.45, 7) is 4.09. The minimum Gasteiger partial charge on any atom is -0.508 e. The lowest BCUT2D eigenvalue weighted by molar-refractivity contribution is 0.187. The zero-order chi connectivity index (χ0) is 21.3. The lowest BCUT2D eigenvalue weighted by atomic mass is 10.1. The van der Waals surface area contributed by atoms with Crippen LogP contribution in [0.2, 0.25) is 0 Å². The highest BCUT2D eigenvalue weighted by Crippen LogP contribution is 2.28. The van der Waals surface area contributed by atoms with Gasteiger partial charge in [0.2, 0.25) is 0 Å². The van der Waals surface area contributed by atoms with E-state index in [2.05, 4.69) is 25.3 Å². The molecule has 1 atom stereocenters. The Morgan fingerprint density at radius 1 is 1.17 bits per heavy atom. The minimum atomic E-state index is -0.970. The van der Waals surface area contributed by atoms with Crippen molar-refractivity contribution in [3.8, 4) is 17.1 Å². The first kappa shape index (κ1) is 19.7. The van der Waals surface area contributed by atoms with E-state index in [0.717, 1.165) is 6.20 Å². The molecule has 0 saturated carbocycles. The number of aromatic nitrogens is 5. The van der Waals surface area contributed by atoms with Crippen molar-refractivity contribution in [1.82, 2.24) is 24.5 Å². The van der Waals surface area contributed by atoms with Gasteiger partial charge in [0, 0.05) is 29.9 Å². The first-order chi connectivity index (χ1) is 14.4. The van der Waals surface area contributed by atoms with E-state index in [-0.39, 0.29) is 24.2 Å². The van der Waals surface area contributed by atoms with Gasteiger partial charge < -0.3 is 20.1 Å². The highest BCUT2D eigenvalue weighted by atomic mass is 19.1. The number of halogens is 1. The molecule has 0 fully saturated rings. The average Bonchev–Trinajstić information content (AvgIpc) is 3.16. The number of hydrogen-bond acceptors (Lipinski definition) is 7. The Balaban J connectivity index is 1.73. The molecule has 0 bridgehead atoms. The predicted octanol–water partition coefficient (Wildman–Crippen LogP) is 3.46. The maximum Gasteiger partial charge on any atom is 0.166 e. The average molecular weight is 408 g/mol. The molecule has 8 nitrogen and oxygen atoms in total. The number of phenols is 1. The van der Waals surface area contributed by atoms with Gasteiger partial charge in [-0.1, -0.05) is 18.2 Å². The summed E-state index contributed by atoms with van der Waals surface area (Å²) in [4.78, 5) is 17.4. The summed E-state index contributed by atoms with van der Waals surface area (Å²) < 4.78 is 15.6. The van der Waals surface area contributed by atoms with Crippen LogP contribution in [0.25, 0.3) is 22.6 Å². The number of nitrogens with zero attached hydrogens (tertiary/aromatic N) is 5. The van der Waals surface area contributed by atoms with Crippen LogP contribution in [-0.2, 0) is 0 Å². The van der Waals surface area contributed by atoms with Crippen LogP contribution >= 0.6 is 0 Å². The first-order valence-electron chi connectivity index (χ1n) is 9.49. The molecule has 0 aliphatic rings. The number of nitrogens with one attached hydrogen (secondary N) is 1. The topological polar surface area (TPSA) is 109 Å². The molecule has 9 heteroatoms. The van der Waals surface area contributed by atoms with Crippen molar-refractivity contribution in [2.75, 3.05) is 11.9 Å². The molecule has 3 aromatic heterocycles. The largest absolute Gasteiger partial charge is 0.508 e. The zero-order valence-corrected chi connectivity index (χ0v) is 16.5. The van der Waals surface area contributed by atoms with Crippen LogP contribution in [0.15, 0.2) is 49.1 Å². The summed E-state index contributed by atoms with van der Waals surface area (Å²) in [7, 11) is 0. The fraction of sp³-hybridized carbons (Fsp3) is 0.238. The second kappa shape index (κ2) is 8.03. The molecular weight excluding hydrogens is 387 g/mol. The number of aliphatic hydroxyl groups is 1. The Labute approximate surface area is 172 Å². The maximum atomic E-state index is 13.7. The van der Waals surface area contributed by atoms with Crippen LogP contribution < -0.4 is 5.32 Å². The Hall–Kier alpha value is -3.59. The number of benzene rings is 1. The zero-order valence-electron chi connectivity index (χ0n) is 16.5. The SMILES string of the molecule is CC(C)n1cnc2c(NCC(O)c3ccccc3O)nc(-c3cncc(F)c3)nc21.